The van der Waals surface area contributed by atoms with Crippen LogP contribution < -0.4 is 0 Å². The number of ketones is 1. The van der Waals surface area contributed by atoms with Crippen LogP contribution in [0, 0.1) is 13.7 Å². The van der Waals surface area contributed by atoms with E-state index in [1.54, 1.807) is 6.07 Å². The van der Waals surface area contributed by atoms with E-state index in [9.17, 15) is 19.7 Å². The molecule has 1 unspecified atom stereocenters. The van der Waals surface area contributed by atoms with E-state index in [2.05, 4.69) is 11.9 Å². The summed E-state index contributed by atoms with van der Waals surface area (Å²) in [6.07, 6.45) is 4.01. The zero-order chi connectivity index (χ0) is 22.1. The van der Waals surface area contributed by atoms with Crippen LogP contribution in [0.3, 0.4) is 0 Å². The van der Waals surface area contributed by atoms with Crippen molar-refractivity contribution in [3.63, 3.8) is 0 Å². The molecular weight excluding hydrogens is 509 g/mol. The smallest absolute Gasteiger partial charge is 0.270 e. The van der Waals surface area contributed by atoms with Crippen molar-refractivity contribution in [1.29, 1.82) is 0 Å². The number of hydrogen-bond acceptors (Lipinski definition) is 5. The number of likely N-dealkylation sites (N-methyl/N-ethyl adjacent to an activating group) is 1. The molecule has 1 aliphatic heterocycles. The molecule has 0 saturated carbocycles. The van der Waals surface area contributed by atoms with Crippen LogP contribution in [0.2, 0.25) is 0 Å². The molecule has 1 aliphatic rings. The summed E-state index contributed by atoms with van der Waals surface area (Å²) in [5.41, 5.74) is 1.55. The number of non-ortho nitro benzene ring substituents is 1. The van der Waals surface area contributed by atoms with Crippen molar-refractivity contribution in [2.75, 3.05) is 13.6 Å². The lowest BCUT2D eigenvalue weighted by molar-refractivity contribution is -0.384. The van der Waals surface area contributed by atoms with E-state index < -0.39 is 4.92 Å². The first-order chi connectivity index (χ1) is 14.9. The van der Waals surface area contributed by atoms with Gasteiger partial charge in [-0.15, -0.1) is 0 Å². The van der Waals surface area contributed by atoms with Crippen molar-refractivity contribution in [2.24, 2.45) is 0 Å². The number of carbonyl (C=O) groups is 2. The summed E-state index contributed by atoms with van der Waals surface area (Å²) in [6, 6.07) is 12.0. The van der Waals surface area contributed by atoms with E-state index in [4.69, 9.17) is 0 Å². The first-order valence-corrected chi connectivity index (χ1v) is 11.3. The molecule has 1 fully saturated rings. The van der Waals surface area contributed by atoms with Gasteiger partial charge in [0.2, 0.25) is 5.78 Å². The summed E-state index contributed by atoms with van der Waals surface area (Å²) in [5.74, 6) is -0.370. The van der Waals surface area contributed by atoms with Gasteiger partial charge in [-0.25, -0.2) is 0 Å². The zero-order valence-corrected chi connectivity index (χ0v) is 19.2. The number of halogens is 1. The predicted octanol–water partition coefficient (Wildman–Crippen LogP) is 4.68. The number of fused-ring (bicyclic) bond motifs is 1. The first-order valence-electron chi connectivity index (χ1n) is 10.2. The second-order valence-electron chi connectivity index (χ2n) is 7.89. The largest absolute Gasteiger partial charge is 0.336 e. The molecule has 4 rings (SSSR count). The maximum absolute atomic E-state index is 13.7. The highest BCUT2D eigenvalue weighted by molar-refractivity contribution is 14.1. The van der Waals surface area contributed by atoms with Crippen molar-refractivity contribution in [3.05, 3.63) is 73.0 Å². The van der Waals surface area contributed by atoms with E-state index in [0.717, 1.165) is 43.0 Å². The van der Waals surface area contributed by atoms with Gasteiger partial charge >= 0.3 is 0 Å². The van der Waals surface area contributed by atoms with Crippen LogP contribution in [-0.4, -0.2) is 46.1 Å². The van der Waals surface area contributed by atoms with E-state index in [-0.39, 0.29) is 23.1 Å². The molecule has 0 aliphatic carbocycles. The molecule has 1 aromatic heterocycles. The molecule has 0 bridgehead atoms. The standard InChI is InChI=1S/C23H22IN3O4/c1-25-11-5-4-6-16(25)13-26-21-8-3-2-7-17(21)19(14-28)22(26)23(29)18-12-15(27(30)31)9-10-20(18)24/h2-3,7-10,12,14,16H,4-6,11,13H2,1H3. The van der Waals surface area contributed by atoms with Gasteiger partial charge in [0.25, 0.3) is 5.69 Å². The van der Waals surface area contributed by atoms with Crippen LogP contribution in [0.5, 0.6) is 0 Å². The lowest BCUT2D eigenvalue weighted by atomic mass is 10.0. The van der Waals surface area contributed by atoms with Crippen LogP contribution in [-0.2, 0) is 6.54 Å². The molecule has 0 amide bonds. The van der Waals surface area contributed by atoms with Crippen molar-refractivity contribution >= 4 is 51.3 Å². The Labute approximate surface area is 193 Å². The number of benzene rings is 2. The lowest BCUT2D eigenvalue weighted by Gasteiger charge is -2.33. The number of para-hydroxylation sites is 1. The van der Waals surface area contributed by atoms with Gasteiger partial charge in [-0.3, -0.25) is 19.7 Å². The molecule has 3 aromatic rings. The Morgan fingerprint density at radius 2 is 2.03 bits per heavy atom. The summed E-state index contributed by atoms with van der Waals surface area (Å²) < 4.78 is 2.54. The number of aldehydes is 1. The predicted molar refractivity (Wildman–Crippen MR) is 127 cm³/mol. The highest BCUT2D eigenvalue weighted by Gasteiger charge is 2.28. The Bertz CT molecular complexity index is 1190. The summed E-state index contributed by atoms with van der Waals surface area (Å²) in [5, 5.41) is 12.0. The molecule has 0 N–H and O–H groups in total. The van der Waals surface area contributed by atoms with Gasteiger partial charge < -0.3 is 9.47 Å². The van der Waals surface area contributed by atoms with Crippen LogP contribution in [0.1, 0.15) is 45.7 Å². The monoisotopic (exact) mass is 531 g/mol. The quantitative estimate of drug-likeness (QED) is 0.152. The van der Waals surface area contributed by atoms with Gasteiger partial charge in [0, 0.05) is 44.8 Å². The van der Waals surface area contributed by atoms with Crippen molar-refractivity contribution in [3.8, 4) is 0 Å². The number of nitro benzene ring substituents is 1. The second kappa shape index (κ2) is 8.88. The minimum absolute atomic E-state index is 0.147. The fourth-order valence-electron chi connectivity index (χ4n) is 4.40. The van der Waals surface area contributed by atoms with Crippen molar-refractivity contribution in [2.45, 2.75) is 31.8 Å². The Morgan fingerprint density at radius 1 is 1.26 bits per heavy atom. The summed E-state index contributed by atoms with van der Waals surface area (Å²) in [7, 11) is 2.08. The van der Waals surface area contributed by atoms with Crippen molar-refractivity contribution < 1.29 is 14.5 Å². The van der Waals surface area contributed by atoms with Gasteiger partial charge in [0.05, 0.1) is 10.5 Å². The fourth-order valence-corrected chi connectivity index (χ4v) is 4.98. The molecule has 1 saturated heterocycles. The third-order valence-corrected chi connectivity index (χ3v) is 7.00. The molecular formula is C23H22IN3O4. The number of carbonyl (C=O) groups excluding carboxylic acids is 2. The number of aromatic nitrogens is 1. The number of hydrogen-bond donors (Lipinski definition) is 0. The maximum Gasteiger partial charge on any atom is 0.270 e. The van der Waals surface area contributed by atoms with Crippen LogP contribution in [0.4, 0.5) is 5.69 Å². The molecule has 2 heterocycles. The average molecular weight is 531 g/mol. The second-order valence-corrected chi connectivity index (χ2v) is 9.05. The topological polar surface area (TPSA) is 85.4 Å². The number of piperidine rings is 1. The average Bonchev–Trinajstić information content (AvgIpc) is 3.08. The van der Waals surface area contributed by atoms with Gasteiger partial charge in [-0.05, 0) is 61.2 Å². The first kappa shape index (κ1) is 21.6. The summed E-state index contributed by atoms with van der Waals surface area (Å²) in [4.78, 5) is 38.9. The number of likely N-dealkylation sites (tertiary alicyclic amines) is 1. The van der Waals surface area contributed by atoms with Gasteiger partial charge in [-0.1, -0.05) is 24.6 Å². The minimum Gasteiger partial charge on any atom is -0.336 e. The lowest BCUT2D eigenvalue weighted by Crippen LogP contribution is -2.39. The van der Waals surface area contributed by atoms with E-state index in [1.165, 1.54) is 12.1 Å². The van der Waals surface area contributed by atoms with Gasteiger partial charge in [0.1, 0.15) is 5.69 Å². The molecule has 2 aromatic carbocycles. The highest BCUT2D eigenvalue weighted by Crippen LogP contribution is 2.31. The fraction of sp³-hybridized carbons (Fsp3) is 0.304. The van der Waals surface area contributed by atoms with Crippen LogP contribution >= 0.6 is 22.6 Å². The third-order valence-electron chi connectivity index (χ3n) is 6.06. The molecule has 0 radical (unpaired) electrons. The third kappa shape index (κ3) is 4.01. The molecule has 8 heteroatoms. The minimum atomic E-state index is -0.514. The van der Waals surface area contributed by atoms with Crippen LogP contribution in [0.25, 0.3) is 10.9 Å². The Hall–Kier alpha value is -2.59. The molecule has 7 nitrogen and oxygen atoms in total. The molecule has 31 heavy (non-hydrogen) atoms. The van der Waals surface area contributed by atoms with E-state index in [1.807, 2.05) is 51.4 Å². The molecule has 0 spiro atoms. The van der Waals surface area contributed by atoms with Gasteiger partial charge in [0.15, 0.2) is 6.29 Å². The van der Waals surface area contributed by atoms with Crippen molar-refractivity contribution in [1.82, 2.24) is 9.47 Å². The van der Waals surface area contributed by atoms with E-state index >= 15 is 0 Å². The van der Waals surface area contributed by atoms with E-state index in [0.29, 0.717) is 21.4 Å². The zero-order valence-electron chi connectivity index (χ0n) is 17.1. The van der Waals surface area contributed by atoms with Gasteiger partial charge in [-0.2, -0.15) is 0 Å². The normalized spacial score (nSPS) is 17.0. The SMILES string of the molecule is CN1CCCCC1Cn1c(C(=O)c2cc([N+](=O)[O-])ccc2I)c(C=O)c2ccccc21. The Kier molecular flexibility index (Phi) is 6.19. The maximum atomic E-state index is 13.7. The molecule has 160 valence electrons. The number of nitro groups is 1. The number of nitrogens with zero attached hydrogens (tertiary/aromatic N) is 3. The summed E-state index contributed by atoms with van der Waals surface area (Å²) >= 11 is 2.01. The Balaban J connectivity index is 1.90. The Morgan fingerprint density at radius 3 is 2.74 bits per heavy atom. The highest BCUT2D eigenvalue weighted by atomic mass is 127. The number of rotatable bonds is 6. The summed E-state index contributed by atoms with van der Waals surface area (Å²) in [6.45, 7) is 1.58. The van der Waals surface area contributed by atoms with Crippen LogP contribution in [0.15, 0.2) is 42.5 Å². The molecule has 1 atom stereocenters.